The van der Waals surface area contributed by atoms with Gasteiger partial charge in [-0.15, -0.1) is 0 Å². The molecule has 0 aliphatic carbocycles. The highest BCUT2D eigenvalue weighted by molar-refractivity contribution is 6.05. The van der Waals surface area contributed by atoms with E-state index in [0.29, 0.717) is 24.0 Å². The molecule has 0 radical (unpaired) electrons. The molecular formula is C21H30N4O5. The van der Waals surface area contributed by atoms with Gasteiger partial charge in [-0.2, -0.15) is 4.98 Å². The van der Waals surface area contributed by atoms with Crippen LogP contribution in [0.4, 0.5) is 5.69 Å². The van der Waals surface area contributed by atoms with Crippen LogP contribution >= 0.6 is 0 Å². The number of aliphatic hydroxyl groups excluding tert-OH is 1. The first-order valence-electron chi connectivity index (χ1n) is 9.97. The van der Waals surface area contributed by atoms with Gasteiger partial charge in [0.2, 0.25) is 6.41 Å². The standard InChI is InChI=1S/C21H30N4O5/c1-12-10-24(11-13(2)25(12)20(28)30-21(3,4)5)16-8-7-14(18(26)27)17-15(16)9-22-19(23-17)29-6/h7-9,12-13,20,28H,10-11H2,1-6H3,(H,26,27)/t12-,13+,20?. The maximum absolute atomic E-state index is 11.7. The molecule has 2 aromatic rings. The number of hydrogen-bond donors (Lipinski definition) is 2. The second-order valence-corrected chi connectivity index (χ2v) is 8.66. The van der Waals surface area contributed by atoms with E-state index < -0.39 is 18.0 Å². The van der Waals surface area contributed by atoms with E-state index in [9.17, 15) is 15.0 Å². The molecule has 9 heteroatoms. The van der Waals surface area contributed by atoms with Crippen molar-refractivity contribution in [2.45, 2.75) is 58.7 Å². The Hall–Kier alpha value is -2.49. The number of benzene rings is 1. The fourth-order valence-electron chi connectivity index (χ4n) is 3.98. The number of aliphatic hydroxyl groups is 1. The number of nitrogens with zero attached hydrogens (tertiary/aromatic N) is 4. The summed E-state index contributed by atoms with van der Waals surface area (Å²) in [6.45, 7) is 11.0. The second kappa shape index (κ2) is 8.33. The molecule has 1 aromatic heterocycles. The number of carboxylic acid groups (broad SMARTS) is 1. The second-order valence-electron chi connectivity index (χ2n) is 8.66. The highest BCUT2D eigenvalue weighted by atomic mass is 16.6. The first kappa shape index (κ1) is 22.2. The summed E-state index contributed by atoms with van der Waals surface area (Å²) in [7, 11) is 1.44. The average molecular weight is 418 g/mol. The van der Waals surface area contributed by atoms with Crippen LogP contribution in [0.25, 0.3) is 10.9 Å². The summed E-state index contributed by atoms with van der Waals surface area (Å²) in [5.74, 6) is -1.05. The normalized spacial score (nSPS) is 21.6. The molecule has 0 amide bonds. The minimum Gasteiger partial charge on any atom is -0.478 e. The molecule has 1 aliphatic rings. The van der Waals surface area contributed by atoms with Crippen molar-refractivity contribution in [2.75, 3.05) is 25.1 Å². The summed E-state index contributed by atoms with van der Waals surface area (Å²) in [5, 5.41) is 20.8. The zero-order valence-electron chi connectivity index (χ0n) is 18.3. The fraction of sp³-hybridized carbons (Fsp3) is 0.571. The van der Waals surface area contributed by atoms with Gasteiger partial charge in [-0.05, 0) is 46.8 Å². The molecule has 1 aliphatic heterocycles. The number of rotatable bonds is 5. The summed E-state index contributed by atoms with van der Waals surface area (Å²) < 4.78 is 10.8. The number of carboxylic acids is 1. The summed E-state index contributed by atoms with van der Waals surface area (Å²) >= 11 is 0. The van der Waals surface area contributed by atoms with Crippen LogP contribution in [0.1, 0.15) is 45.0 Å². The zero-order valence-corrected chi connectivity index (χ0v) is 18.3. The number of carbonyl (C=O) groups is 1. The van der Waals surface area contributed by atoms with E-state index in [1.807, 2.05) is 39.5 Å². The molecule has 9 nitrogen and oxygen atoms in total. The van der Waals surface area contributed by atoms with Crippen molar-refractivity contribution in [1.29, 1.82) is 0 Å². The summed E-state index contributed by atoms with van der Waals surface area (Å²) in [4.78, 5) is 24.3. The molecule has 0 saturated carbocycles. The highest BCUT2D eigenvalue weighted by Gasteiger charge is 2.36. The lowest BCUT2D eigenvalue weighted by Crippen LogP contribution is -2.61. The first-order valence-corrected chi connectivity index (χ1v) is 9.97. The van der Waals surface area contributed by atoms with Crippen molar-refractivity contribution in [1.82, 2.24) is 14.9 Å². The number of fused-ring (bicyclic) bond motifs is 1. The monoisotopic (exact) mass is 418 g/mol. The zero-order chi connectivity index (χ0) is 22.2. The van der Waals surface area contributed by atoms with Gasteiger partial charge in [0.25, 0.3) is 0 Å². The molecular weight excluding hydrogens is 388 g/mol. The van der Waals surface area contributed by atoms with Crippen LogP contribution in [-0.2, 0) is 4.74 Å². The maximum atomic E-state index is 11.7. The molecule has 3 rings (SSSR count). The van der Waals surface area contributed by atoms with Crippen LogP contribution < -0.4 is 9.64 Å². The Bertz CT molecular complexity index is 917. The van der Waals surface area contributed by atoms with E-state index in [1.54, 1.807) is 18.3 Å². The minimum absolute atomic E-state index is 0.000494. The van der Waals surface area contributed by atoms with Gasteiger partial charge < -0.3 is 24.6 Å². The van der Waals surface area contributed by atoms with Crippen LogP contribution in [0, 0.1) is 0 Å². The minimum atomic E-state index is -1.05. The van der Waals surface area contributed by atoms with E-state index in [1.165, 1.54) is 7.11 Å². The Labute approximate surface area is 176 Å². The Morgan fingerprint density at radius 1 is 1.23 bits per heavy atom. The number of methoxy groups -OCH3 is 1. The third kappa shape index (κ3) is 4.48. The third-order valence-electron chi connectivity index (χ3n) is 5.16. The van der Waals surface area contributed by atoms with Gasteiger partial charge in [0.1, 0.15) is 0 Å². The van der Waals surface area contributed by atoms with E-state index in [0.717, 1.165) is 5.69 Å². The van der Waals surface area contributed by atoms with Gasteiger partial charge in [0.15, 0.2) is 0 Å². The average Bonchev–Trinajstić information content (AvgIpc) is 2.64. The van der Waals surface area contributed by atoms with E-state index in [2.05, 4.69) is 14.9 Å². The molecule has 164 valence electrons. The Kier molecular flexibility index (Phi) is 6.16. The molecule has 2 N–H and O–H groups in total. The molecule has 2 heterocycles. The maximum Gasteiger partial charge on any atom is 0.337 e. The van der Waals surface area contributed by atoms with Crippen LogP contribution in [-0.4, -0.2) is 75.3 Å². The van der Waals surface area contributed by atoms with Gasteiger partial charge in [-0.1, -0.05) is 0 Å². The van der Waals surface area contributed by atoms with Crippen LogP contribution in [0.5, 0.6) is 6.01 Å². The van der Waals surface area contributed by atoms with Gasteiger partial charge in [0, 0.05) is 42.4 Å². The van der Waals surface area contributed by atoms with Crippen molar-refractivity contribution in [3.8, 4) is 6.01 Å². The number of hydrogen-bond acceptors (Lipinski definition) is 8. The largest absolute Gasteiger partial charge is 0.478 e. The van der Waals surface area contributed by atoms with E-state index >= 15 is 0 Å². The SMILES string of the molecule is COc1ncc2c(N3C[C@@H](C)N(C(O)OC(C)(C)C)[C@@H](C)C3)ccc(C(=O)O)c2n1. The number of aromatic nitrogens is 2. The molecule has 0 spiro atoms. The molecule has 1 fully saturated rings. The van der Waals surface area contributed by atoms with Gasteiger partial charge in [-0.3, -0.25) is 0 Å². The van der Waals surface area contributed by atoms with Gasteiger partial charge in [0.05, 0.1) is 23.8 Å². The fourth-order valence-corrected chi connectivity index (χ4v) is 3.98. The highest BCUT2D eigenvalue weighted by Crippen LogP contribution is 2.32. The Morgan fingerprint density at radius 2 is 1.87 bits per heavy atom. The van der Waals surface area contributed by atoms with Crippen molar-refractivity contribution in [3.05, 3.63) is 23.9 Å². The van der Waals surface area contributed by atoms with E-state index in [4.69, 9.17) is 9.47 Å². The van der Waals surface area contributed by atoms with Crippen LogP contribution in [0.15, 0.2) is 18.3 Å². The first-order chi connectivity index (χ1) is 14.0. The van der Waals surface area contributed by atoms with Crippen molar-refractivity contribution >= 4 is 22.6 Å². The number of piperazine rings is 1. The summed E-state index contributed by atoms with van der Waals surface area (Å²) in [5.41, 5.74) is 0.825. The quantitative estimate of drug-likeness (QED) is 0.707. The molecule has 0 bridgehead atoms. The number of anilines is 1. The summed E-state index contributed by atoms with van der Waals surface area (Å²) in [6.07, 6.45) is 0.596. The van der Waals surface area contributed by atoms with Gasteiger partial charge >= 0.3 is 12.0 Å². The van der Waals surface area contributed by atoms with Crippen LogP contribution in [0.3, 0.4) is 0 Å². The Morgan fingerprint density at radius 3 is 2.40 bits per heavy atom. The third-order valence-corrected chi connectivity index (χ3v) is 5.16. The van der Waals surface area contributed by atoms with Crippen molar-refractivity contribution < 1.29 is 24.5 Å². The molecule has 30 heavy (non-hydrogen) atoms. The summed E-state index contributed by atoms with van der Waals surface area (Å²) in [6, 6.07) is 3.47. The van der Waals surface area contributed by atoms with E-state index in [-0.39, 0.29) is 23.7 Å². The number of ether oxygens (including phenoxy) is 2. The Balaban J connectivity index is 1.94. The number of aromatic carboxylic acids is 1. The molecule has 1 unspecified atom stereocenters. The lowest BCUT2D eigenvalue weighted by atomic mass is 10.0. The van der Waals surface area contributed by atoms with Crippen molar-refractivity contribution in [2.24, 2.45) is 0 Å². The molecule has 3 atom stereocenters. The predicted molar refractivity (Wildman–Crippen MR) is 113 cm³/mol. The lowest BCUT2D eigenvalue weighted by molar-refractivity contribution is -0.257. The molecule has 1 aromatic carbocycles. The van der Waals surface area contributed by atoms with Gasteiger partial charge in [-0.25, -0.2) is 14.7 Å². The van der Waals surface area contributed by atoms with Crippen LogP contribution in [0.2, 0.25) is 0 Å². The lowest BCUT2D eigenvalue weighted by Gasteiger charge is -2.47. The molecule has 1 saturated heterocycles. The smallest absolute Gasteiger partial charge is 0.337 e. The predicted octanol–water partition coefficient (Wildman–Crippen LogP) is 2.33. The topological polar surface area (TPSA) is 108 Å². The van der Waals surface area contributed by atoms with Crippen molar-refractivity contribution in [3.63, 3.8) is 0 Å².